The van der Waals surface area contributed by atoms with E-state index < -0.39 is 0 Å². The molecule has 0 bridgehead atoms. The monoisotopic (exact) mass is 303 g/mol. The summed E-state index contributed by atoms with van der Waals surface area (Å²) in [7, 11) is 0. The summed E-state index contributed by atoms with van der Waals surface area (Å²) in [5.74, 6) is 0.0336. The topological polar surface area (TPSA) is 68.0 Å². The van der Waals surface area contributed by atoms with Crippen LogP contribution in [-0.2, 0) is 24.1 Å². The Bertz CT molecular complexity index is 397. The van der Waals surface area contributed by atoms with Crippen molar-refractivity contribution in [2.24, 2.45) is 5.73 Å². The molecule has 1 aromatic heterocycles. The minimum Gasteiger partial charge on any atom is -0.356 e. The van der Waals surface area contributed by atoms with Crippen molar-refractivity contribution in [3.63, 3.8) is 0 Å². The Morgan fingerprint density at radius 2 is 2.21 bits per heavy atom. The molecule has 0 aliphatic heterocycles. The molecule has 1 heterocycles. The highest BCUT2D eigenvalue weighted by molar-refractivity contribution is 7.11. The molecule has 1 unspecified atom stereocenters. The maximum atomic E-state index is 11.4. The Hall–Kier alpha value is -0.650. The summed E-state index contributed by atoms with van der Waals surface area (Å²) in [4.78, 5) is 17.5. The molecule has 0 aromatic carbocycles. The summed E-state index contributed by atoms with van der Waals surface area (Å²) in [5.41, 5.74) is 6.87. The smallest absolute Gasteiger partial charge is 0.221 e. The van der Waals surface area contributed by atoms with Crippen LogP contribution in [0.15, 0.2) is 0 Å². The van der Waals surface area contributed by atoms with Gasteiger partial charge >= 0.3 is 0 Å². The highest BCUT2D eigenvalue weighted by atomic mass is 35.5. The van der Waals surface area contributed by atoms with E-state index in [4.69, 9.17) is 5.73 Å². The number of carbonyl (C=O) groups is 1. The van der Waals surface area contributed by atoms with Crippen molar-refractivity contribution in [3.05, 3.63) is 15.6 Å². The van der Waals surface area contributed by atoms with Crippen LogP contribution in [0.4, 0.5) is 0 Å². The number of nitrogens with two attached hydrogens (primary N) is 1. The van der Waals surface area contributed by atoms with Crippen LogP contribution in [0.25, 0.3) is 0 Å². The van der Waals surface area contributed by atoms with Crippen molar-refractivity contribution in [1.29, 1.82) is 0 Å². The van der Waals surface area contributed by atoms with Crippen LogP contribution < -0.4 is 11.1 Å². The summed E-state index contributed by atoms with van der Waals surface area (Å²) in [5, 5.41) is 4.05. The van der Waals surface area contributed by atoms with Gasteiger partial charge in [-0.1, -0.05) is 0 Å². The Morgan fingerprint density at radius 3 is 2.89 bits per heavy atom. The first kappa shape index (κ1) is 16.4. The zero-order chi connectivity index (χ0) is 13.0. The molecule has 1 aliphatic carbocycles. The molecule has 2 rings (SSSR count). The van der Waals surface area contributed by atoms with Gasteiger partial charge in [-0.25, -0.2) is 4.98 Å². The molecule has 108 valence electrons. The molecular weight excluding hydrogens is 282 g/mol. The lowest BCUT2D eigenvalue weighted by atomic mass is 10.0. The third kappa shape index (κ3) is 5.09. The van der Waals surface area contributed by atoms with Crippen LogP contribution in [0.2, 0.25) is 0 Å². The van der Waals surface area contributed by atoms with Gasteiger partial charge in [0.15, 0.2) is 0 Å². The van der Waals surface area contributed by atoms with Crippen molar-refractivity contribution in [3.8, 4) is 0 Å². The Balaban J connectivity index is 0.00000180. The van der Waals surface area contributed by atoms with Gasteiger partial charge < -0.3 is 11.1 Å². The highest BCUT2D eigenvalue weighted by Crippen LogP contribution is 2.26. The third-order valence-corrected chi connectivity index (χ3v) is 4.28. The van der Waals surface area contributed by atoms with E-state index in [2.05, 4.69) is 10.3 Å². The number of hydrogen-bond donors (Lipinski definition) is 2. The standard InChI is InChI=1S/C13H21N3OS.ClH/c1-9(14)8-12(17)15-7-6-13-16-10-4-2-3-5-11(10)18-13;/h9H,2-8,14H2,1H3,(H,15,17);1H. The molecule has 19 heavy (non-hydrogen) atoms. The molecule has 0 spiro atoms. The Morgan fingerprint density at radius 1 is 1.47 bits per heavy atom. The third-order valence-electron chi connectivity index (χ3n) is 3.06. The minimum absolute atomic E-state index is 0. The molecule has 1 atom stereocenters. The Labute approximate surface area is 124 Å². The van der Waals surface area contributed by atoms with Crippen molar-refractivity contribution >= 4 is 29.7 Å². The lowest BCUT2D eigenvalue weighted by Crippen LogP contribution is -2.31. The van der Waals surface area contributed by atoms with E-state index in [1.165, 1.54) is 29.8 Å². The number of nitrogens with zero attached hydrogens (tertiary/aromatic N) is 1. The predicted octanol–water partition coefficient (Wildman–Crippen LogP) is 1.84. The molecule has 1 amide bonds. The van der Waals surface area contributed by atoms with Crippen molar-refractivity contribution in [2.75, 3.05) is 6.54 Å². The molecule has 4 nitrogen and oxygen atoms in total. The molecule has 0 fully saturated rings. The second-order valence-corrected chi connectivity index (χ2v) is 6.13. The number of amides is 1. The van der Waals surface area contributed by atoms with Crippen LogP contribution in [-0.4, -0.2) is 23.5 Å². The van der Waals surface area contributed by atoms with Crippen LogP contribution in [0.3, 0.4) is 0 Å². The first-order chi connectivity index (χ1) is 8.65. The molecule has 1 aliphatic rings. The first-order valence-electron chi connectivity index (χ1n) is 6.65. The van der Waals surface area contributed by atoms with Gasteiger partial charge in [-0.3, -0.25) is 4.79 Å². The van der Waals surface area contributed by atoms with E-state index in [1.54, 1.807) is 0 Å². The second kappa shape index (κ2) is 7.82. The summed E-state index contributed by atoms with van der Waals surface area (Å²) in [6, 6.07) is -0.0721. The number of carbonyl (C=O) groups excluding carboxylic acids is 1. The molecule has 0 radical (unpaired) electrons. The molecule has 1 aromatic rings. The summed E-state index contributed by atoms with van der Waals surface area (Å²) < 4.78 is 0. The zero-order valence-corrected chi connectivity index (χ0v) is 12.9. The first-order valence-corrected chi connectivity index (χ1v) is 7.46. The van der Waals surface area contributed by atoms with Crippen LogP contribution in [0.1, 0.15) is 41.8 Å². The average molecular weight is 304 g/mol. The number of rotatable bonds is 5. The molecule has 3 N–H and O–H groups in total. The van der Waals surface area contributed by atoms with Crippen molar-refractivity contribution in [2.45, 2.75) is 51.5 Å². The minimum atomic E-state index is -0.0721. The lowest BCUT2D eigenvalue weighted by molar-refractivity contribution is -0.121. The molecule has 0 saturated carbocycles. The normalized spacial score (nSPS) is 15.3. The molecule has 0 saturated heterocycles. The van der Waals surface area contributed by atoms with Gasteiger partial charge in [0.25, 0.3) is 0 Å². The van der Waals surface area contributed by atoms with Gasteiger partial charge in [-0.2, -0.15) is 0 Å². The van der Waals surface area contributed by atoms with Gasteiger partial charge in [0.1, 0.15) is 0 Å². The number of thiazole rings is 1. The largest absolute Gasteiger partial charge is 0.356 e. The number of fused-ring (bicyclic) bond motifs is 1. The zero-order valence-electron chi connectivity index (χ0n) is 11.3. The van der Waals surface area contributed by atoms with Crippen molar-refractivity contribution < 1.29 is 4.79 Å². The maximum absolute atomic E-state index is 11.4. The highest BCUT2D eigenvalue weighted by Gasteiger charge is 2.14. The average Bonchev–Trinajstić information content (AvgIpc) is 2.70. The molecular formula is C13H22ClN3OS. The van der Waals surface area contributed by atoms with Gasteiger partial charge in [0.2, 0.25) is 5.91 Å². The number of aromatic nitrogens is 1. The van der Waals surface area contributed by atoms with E-state index in [0.717, 1.165) is 17.8 Å². The van der Waals surface area contributed by atoms with E-state index in [0.29, 0.717) is 13.0 Å². The lowest BCUT2D eigenvalue weighted by Gasteiger charge is -2.06. The fraction of sp³-hybridized carbons (Fsp3) is 0.692. The van der Waals surface area contributed by atoms with Gasteiger partial charge in [-0.05, 0) is 32.6 Å². The summed E-state index contributed by atoms with van der Waals surface area (Å²) >= 11 is 1.81. The summed E-state index contributed by atoms with van der Waals surface area (Å²) in [6.45, 7) is 2.51. The Kier molecular flexibility index (Phi) is 6.75. The maximum Gasteiger partial charge on any atom is 0.221 e. The fourth-order valence-corrected chi connectivity index (χ4v) is 3.34. The summed E-state index contributed by atoms with van der Waals surface area (Å²) in [6.07, 6.45) is 6.10. The number of halogens is 1. The van der Waals surface area contributed by atoms with Gasteiger partial charge in [0.05, 0.1) is 10.7 Å². The van der Waals surface area contributed by atoms with E-state index >= 15 is 0 Å². The van der Waals surface area contributed by atoms with Crippen LogP contribution in [0, 0.1) is 0 Å². The van der Waals surface area contributed by atoms with Crippen LogP contribution >= 0.6 is 23.7 Å². The van der Waals surface area contributed by atoms with Gasteiger partial charge in [-0.15, -0.1) is 23.7 Å². The number of hydrogen-bond acceptors (Lipinski definition) is 4. The second-order valence-electron chi connectivity index (χ2n) is 4.97. The quantitative estimate of drug-likeness (QED) is 0.872. The predicted molar refractivity (Wildman–Crippen MR) is 81.0 cm³/mol. The van der Waals surface area contributed by atoms with E-state index in [1.807, 2.05) is 18.3 Å². The number of nitrogens with one attached hydrogen (secondary N) is 1. The van der Waals surface area contributed by atoms with Crippen molar-refractivity contribution in [1.82, 2.24) is 10.3 Å². The van der Waals surface area contributed by atoms with E-state index in [9.17, 15) is 4.79 Å². The van der Waals surface area contributed by atoms with E-state index in [-0.39, 0.29) is 24.4 Å². The fourth-order valence-electron chi connectivity index (χ4n) is 2.19. The number of aryl methyl sites for hydroxylation is 2. The SMILES string of the molecule is CC(N)CC(=O)NCCc1nc2c(s1)CCCC2.Cl. The van der Waals surface area contributed by atoms with Gasteiger partial charge in [0, 0.05) is 30.3 Å². The molecule has 6 heteroatoms. The van der Waals surface area contributed by atoms with Crippen LogP contribution in [0.5, 0.6) is 0 Å².